The first-order valence-corrected chi connectivity index (χ1v) is 6.31. The van der Waals surface area contributed by atoms with E-state index < -0.39 is 5.97 Å². The van der Waals surface area contributed by atoms with Gasteiger partial charge in [-0.2, -0.15) is 0 Å². The van der Waals surface area contributed by atoms with E-state index in [0.29, 0.717) is 24.9 Å². The van der Waals surface area contributed by atoms with E-state index in [1.54, 1.807) is 0 Å². The van der Waals surface area contributed by atoms with Crippen molar-refractivity contribution >= 4 is 11.9 Å². The summed E-state index contributed by atoms with van der Waals surface area (Å²) in [4.78, 5) is 24.1. The van der Waals surface area contributed by atoms with Crippen LogP contribution >= 0.6 is 0 Å². The van der Waals surface area contributed by atoms with Crippen LogP contribution in [0.25, 0.3) is 0 Å². The lowest BCUT2D eigenvalue weighted by Crippen LogP contribution is -2.45. The molecule has 0 saturated carbocycles. The molecule has 19 heavy (non-hydrogen) atoms. The molecular formula is C13H18N2O4. The average molecular weight is 266 g/mol. The minimum Gasteiger partial charge on any atom is -0.478 e. The molecule has 0 radical (unpaired) electrons. The van der Waals surface area contributed by atoms with Crippen molar-refractivity contribution in [3.8, 4) is 0 Å². The first-order chi connectivity index (χ1) is 8.97. The molecule has 2 unspecified atom stereocenters. The largest absolute Gasteiger partial charge is 0.478 e. The van der Waals surface area contributed by atoms with Gasteiger partial charge in [0, 0.05) is 12.6 Å². The maximum atomic E-state index is 11.2. The van der Waals surface area contributed by atoms with Gasteiger partial charge in [-0.25, -0.2) is 4.79 Å². The van der Waals surface area contributed by atoms with Gasteiger partial charge in [0.25, 0.3) is 0 Å². The van der Waals surface area contributed by atoms with Gasteiger partial charge < -0.3 is 15.3 Å². The molecule has 6 heteroatoms. The van der Waals surface area contributed by atoms with Crippen molar-refractivity contribution in [3.05, 3.63) is 23.7 Å². The number of carbonyl (C=O) groups excluding carboxylic acids is 1. The zero-order valence-electron chi connectivity index (χ0n) is 10.8. The molecule has 0 aromatic carbocycles. The Morgan fingerprint density at radius 2 is 2.26 bits per heavy atom. The fraction of sp³-hybridized carbons (Fsp3) is 0.538. The Hall–Kier alpha value is -1.82. The third-order valence-corrected chi connectivity index (χ3v) is 3.67. The molecule has 1 aliphatic heterocycles. The summed E-state index contributed by atoms with van der Waals surface area (Å²) in [7, 11) is 0. The Kier molecular flexibility index (Phi) is 3.90. The summed E-state index contributed by atoms with van der Waals surface area (Å²) in [5, 5.41) is 8.84. The van der Waals surface area contributed by atoms with Crippen molar-refractivity contribution in [2.24, 2.45) is 11.7 Å². The number of carboxylic acid groups (broad SMARTS) is 1. The zero-order chi connectivity index (χ0) is 14.0. The second kappa shape index (κ2) is 5.44. The summed E-state index contributed by atoms with van der Waals surface area (Å²) in [5.41, 5.74) is 5.49. The highest BCUT2D eigenvalue weighted by Crippen LogP contribution is 2.24. The van der Waals surface area contributed by atoms with Crippen molar-refractivity contribution in [2.75, 3.05) is 6.54 Å². The highest BCUT2D eigenvalue weighted by atomic mass is 16.4. The van der Waals surface area contributed by atoms with Crippen LogP contribution in [0.2, 0.25) is 0 Å². The van der Waals surface area contributed by atoms with Crippen LogP contribution in [0.3, 0.4) is 0 Å². The second-order valence-electron chi connectivity index (χ2n) is 5.06. The number of carbonyl (C=O) groups is 2. The van der Waals surface area contributed by atoms with Crippen LogP contribution in [0.1, 0.15) is 35.9 Å². The molecule has 1 amide bonds. The van der Waals surface area contributed by atoms with Crippen LogP contribution < -0.4 is 5.73 Å². The Labute approximate surface area is 111 Å². The van der Waals surface area contributed by atoms with Gasteiger partial charge in [0.1, 0.15) is 12.0 Å². The summed E-state index contributed by atoms with van der Waals surface area (Å²) in [6, 6.07) is 1.84. The molecule has 1 aliphatic rings. The van der Waals surface area contributed by atoms with E-state index in [-0.39, 0.29) is 17.4 Å². The number of hydrogen-bond acceptors (Lipinski definition) is 4. The molecule has 1 fully saturated rings. The number of nitrogens with zero attached hydrogens (tertiary/aromatic N) is 1. The van der Waals surface area contributed by atoms with Crippen molar-refractivity contribution < 1.29 is 19.1 Å². The Bertz CT molecular complexity index is 483. The SMILES string of the molecule is CC1CCC(C(N)=O)CN1Cc1cc(C(=O)O)co1. The van der Waals surface area contributed by atoms with Gasteiger partial charge in [0.05, 0.1) is 18.0 Å². The third-order valence-electron chi connectivity index (χ3n) is 3.67. The minimum absolute atomic E-state index is 0.134. The van der Waals surface area contributed by atoms with E-state index >= 15 is 0 Å². The quantitative estimate of drug-likeness (QED) is 0.849. The molecule has 1 saturated heterocycles. The lowest BCUT2D eigenvalue weighted by Gasteiger charge is -2.36. The number of carboxylic acids is 1. The average Bonchev–Trinajstić information content (AvgIpc) is 2.80. The van der Waals surface area contributed by atoms with Gasteiger partial charge in [0.2, 0.25) is 5.91 Å². The van der Waals surface area contributed by atoms with Crippen molar-refractivity contribution in [1.82, 2.24) is 4.90 Å². The fourth-order valence-electron chi connectivity index (χ4n) is 2.41. The summed E-state index contributed by atoms with van der Waals surface area (Å²) in [6.07, 6.45) is 2.95. The maximum absolute atomic E-state index is 11.2. The van der Waals surface area contributed by atoms with Crippen LogP contribution in [0, 0.1) is 5.92 Å². The molecule has 1 aromatic heterocycles. The Morgan fingerprint density at radius 3 is 2.84 bits per heavy atom. The standard InChI is InChI=1S/C13H18N2O4/c1-8-2-3-9(12(14)16)5-15(8)6-11-4-10(7-19-11)13(17)18/h4,7-9H,2-3,5-6H2,1H3,(H2,14,16)(H,17,18). The normalized spacial score (nSPS) is 24.3. The van der Waals surface area contributed by atoms with Gasteiger partial charge >= 0.3 is 5.97 Å². The molecule has 6 nitrogen and oxygen atoms in total. The number of likely N-dealkylation sites (tertiary alicyclic amines) is 1. The fourth-order valence-corrected chi connectivity index (χ4v) is 2.41. The second-order valence-corrected chi connectivity index (χ2v) is 5.06. The Morgan fingerprint density at radius 1 is 1.53 bits per heavy atom. The van der Waals surface area contributed by atoms with Crippen molar-refractivity contribution in [3.63, 3.8) is 0 Å². The number of amides is 1. The van der Waals surface area contributed by atoms with E-state index in [2.05, 4.69) is 11.8 Å². The van der Waals surface area contributed by atoms with Crippen LogP contribution in [0.5, 0.6) is 0 Å². The van der Waals surface area contributed by atoms with Gasteiger partial charge in [-0.15, -0.1) is 0 Å². The van der Waals surface area contributed by atoms with Crippen LogP contribution in [-0.2, 0) is 11.3 Å². The lowest BCUT2D eigenvalue weighted by atomic mass is 9.93. The van der Waals surface area contributed by atoms with E-state index in [1.807, 2.05) is 0 Å². The molecule has 1 aromatic rings. The molecule has 2 heterocycles. The predicted molar refractivity (Wildman–Crippen MR) is 67.5 cm³/mol. The number of furan rings is 1. The smallest absolute Gasteiger partial charge is 0.338 e. The first-order valence-electron chi connectivity index (χ1n) is 6.31. The number of primary amides is 1. The summed E-state index contributed by atoms with van der Waals surface area (Å²) in [5.74, 6) is -0.821. The van der Waals surface area contributed by atoms with E-state index in [9.17, 15) is 9.59 Å². The van der Waals surface area contributed by atoms with E-state index in [4.69, 9.17) is 15.3 Å². The van der Waals surface area contributed by atoms with Crippen molar-refractivity contribution in [1.29, 1.82) is 0 Å². The van der Waals surface area contributed by atoms with Gasteiger partial charge in [0.15, 0.2) is 0 Å². The molecule has 2 atom stereocenters. The monoisotopic (exact) mass is 266 g/mol. The summed E-state index contributed by atoms with van der Waals surface area (Å²) in [6.45, 7) is 3.18. The predicted octanol–water partition coefficient (Wildman–Crippen LogP) is 1.06. The number of aromatic carboxylic acids is 1. The maximum Gasteiger partial charge on any atom is 0.338 e. The zero-order valence-corrected chi connectivity index (χ0v) is 10.8. The third kappa shape index (κ3) is 3.14. The molecular weight excluding hydrogens is 248 g/mol. The van der Waals surface area contributed by atoms with Crippen LogP contribution in [0.4, 0.5) is 0 Å². The van der Waals surface area contributed by atoms with Gasteiger partial charge in [-0.1, -0.05) is 0 Å². The topological polar surface area (TPSA) is 96.8 Å². The van der Waals surface area contributed by atoms with Crippen molar-refractivity contribution in [2.45, 2.75) is 32.4 Å². The number of rotatable bonds is 4. The molecule has 2 rings (SSSR count). The molecule has 0 aliphatic carbocycles. The molecule has 3 N–H and O–H groups in total. The number of piperidine rings is 1. The highest BCUT2D eigenvalue weighted by Gasteiger charge is 2.29. The van der Waals surface area contributed by atoms with Crippen LogP contribution in [0.15, 0.2) is 16.7 Å². The van der Waals surface area contributed by atoms with Gasteiger partial charge in [-0.3, -0.25) is 9.69 Å². The van der Waals surface area contributed by atoms with Gasteiger partial charge in [-0.05, 0) is 25.8 Å². The first kappa shape index (κ1) is 13.6. The van der Waals surface area contributed by atoms with E-state index in [0.717, 1.165) is 12.8 Å². The number of nitrogens with two attached hydrogens (primary N) is 1. The van der Waals surface area contributed by atoms with E-state index in [1.165, 1.54) is 12.3 Å². The lowest BCUT2D eigenvalue weighted by molar-refractivity contribution is -0.124. The molecule has 0 bridgehead atoms. The molecule has 0 spiro atoms. The molecule has 104 valence electrons. The van der Waals surface area contributed by atoms with Crippen LogP contribution in [-0.4, -0.2) is 34.5 Å². The minimum atomic E-state index is -1.00. The highest BCUT2D eigenvalue weighted by molar-refractivity contribution is 5.87. The summed E-state index contributed by atoms with van der Waals surface area (Å²) >= 11 is 0. The number of hydrogen-bond donors (Lipinski definition) is 2. The summed E-state index contributed by atoms with van der Waals surface area (Å²) < 4.78 is 5.23. The Balaban J connectivity index is 2.03.